The molecule has 112 valence electrons. The molecule has 2 rings (SSSR count). The van der Waals surface area contributed by atoms with Gasteiger partial charge in [-0.2, -0.15) is 0 Å². The summed E-state index contributed by atoms with van der Waals surface area (Å²) in [4.78, 5) is 5.07. The fourth-order valence-corrected chi connectivity index (χ4v) is 2.89. The average molecular weight is 275 g/mol. The van der Waals surface area contributed by atoms with E-state index in [1.807, 2.05) is 0 Å². The quantitative estimate of drug-likeness (QED) is 0.916. The number of rotatable bonds is 4. The highest BCUT2D eigenvalue weighted by molar-refractivity contribution is 5.56. The predicted molar refractivity (Wildman–Crippen MR) is 87.4 cm³/mol. The topological polar surface area (TPSA) is 32.5 Å². The molecule has 1 fully saturated rings. The number of hydrogen-bond donors (Lipinski definition) is 1. The van der Waals surface area contributed by atoms with Gasteiger partial charge in [-0.05, 0) is 43.0 Å². The number of piperazine rings is 1. The molecule has 0 amide bonds. The number of aryl methyl sites for hydroxylation is 1. The first kappa shape index (κ1) is 15.3. The van der Waals surface area contributed by atoms with Crippen molar-refractivity contribution < 1.29 is 0 Å². The van der Waals surface area contributed by atoms with Crippen LogP contribution in [0.2, 0.25) is 0 Å². The van der Waals surface area contributed by atoms with Crippen LogP contribution in [0.15, 0.2) is 18.2 Å². The van der Waals surface area contributed by atoms with Crippen LogP contribution in [0.5, 0.6) is 0 Å². The summed E-state index contributed by atoms with van der Waals surface area (Å²) < 4.78 is 0. The van der Waals surface area contributed by atoms with Gasteiger partial charge in [-0.3, -0.25) is 4.90 Å². The Kier molecular flexibility index (Phi) is 4.71. The fraction of sp³-hybridized carbons (Fsp3) is 0.647. The van der Waals surface area contributed by atoms with Gasteiger partial charge < -0.3 is 10.6 Å². The van der Waals surface area contributed by atoms with Crippen LogP contribution in [0.3, 0.4) is 0 Å². The first-order valence-electron chi connectivity index (χ1n) is 7.66. The Morgan fingerprint density at radius 3 is 2.35 bits per heavy atom. The minimum atomic E-state index is 0.224. The second-order valence-electron chi connectivity index (χ2n) is 6.85. The van der Waals surface area contributed by atoms with E-state index in [1.54, 1.807) is 0 Å². The third-order valence-electron chi connectivity index (χ3n) is 4.49. The molecule has 3 heteroatoms. The van der Waals surface area contributed by atoms with Crippen LogP contribution in [0.1, 0.15) is 25.0 Å². The van der Waals surface area contributed by atoms with E-state index in [-0.39, 0.29) is 5.41 Å². The fourth-order valence-electron chi connectivity index (χ4n) is 2.89. The van der Waals surface area contributed by atoms with Crippen LogP contribution in [0, 0.1) is 19.3 Å². The van der Waals surface area contributed by atoms with Gasteiger partial charge in [0, 0.05) is 38.4 Å². The summed E-state index contributed by atoms with van der Waals surface area (Å²) in [5.74, 6) is 0. The molecule has 0 radical (unpaired) electrons. The maximum atomic E-state index is 5.84. The predicted octanol–water partition coefficient (Wildman–Crippen LogP) is 2.41. The van der Waals surface area contributed by atoms with E-state index in [4.69, 9.17) is 5.73 Å². The van der Waals surface area contributed by atoms with Crippen LogP contribution >= 0.6 is 0 Å². The first-order valence-corrected chi connectivity index (χ1v) is 7.66. The van der Waals surface area contributed by atoms with Crippen LogP contribution < -0.4 is 10.6 Å². The Balaban J connectivity index is 1.96. The SMILES string of the molecule is Cc1cccc(N2CCN(CC(C)(C)CN)CC2)c1C. The molecule has 20 heavy (non-hydrogen) atoms. The zero-order valence-electron chi connectivity index (χ0n) is 13.4. The minimum absolute atomic E-state index is 0.224. The number of anilines is 1. The molecule has 1 aliphatic heterocycles. The Morgan fingerprint density at radius 2 is 1.75 bits per heavy atom. The van der Waals surface area contributed by atoms with Crippen molar-refractivity contribution in [1.82, 2.24) is 4.90 Å². The third kappa shape index (κ3) is 3.53. The van der Waals surface area contributed by atoms with E-state index in [0.717, 1.165) is 39.3 Å². The van der Waals surface area contributed by atoms with Crippen LogP contribution in [-0.2, 0) is 0 Å². The van der Waals surface area contributed by atoms with Gasteiger partial charge in [-0.15, -0.1) is 0 Å². The van der Waals surface area contributed by atoms with Gasteiger partial charge in [-0.1, -0.05) is 26.0 Å². The Bertz CT molecular complexity index is 446. The molecule has 1 aromatic rings. The number of benzene rings is 1. The van der Waals surface area contributed by atoms with Crippen molar-refractivity contribution in [3.63, 3.8) is 0 Å². The van der Waals surface area contributed by atoms with Crippen LogP contribution in [0.4, 0.5) is 5.69 Å². The van der Waals surface area contributed by atoms with Crippen LogP contribution in [-0.4, -0.2) is 44.2 Å². The van der Waals surface area contributed by atoms with Gasteiger partial charge in [-0.25, -0.2) is 0 Å². The second kappa shape index (κ2) is 6.15. The summed E-state index contributed by atoms with van der Waals surface area (Å²) in [5.41, 5.74) is 10.3. The molecule has 0 aliphatic carbocycles. The lowest BCUT2D eigenvalue weighted by molar-refractivity contribution is 0.174. The summed E-state index contributed by atoms with van der Waals surface area (Å²) in [7, 11) is 0. The molecule has 0 aromatic heterocycles. The highest BCUT2D eigenvalue weighted by Crippen LogP contribution is 2.24. The van der Waals surface area contributed by atoms with Crippen molar-refractivity contribution in [3.05, 3.63) is 29.3 Å². The van der Waals surface area contributed by atoms with E-state index in [1.165, 1.54) is 16.8 Å². The first-order chi connectivity index (χ1) is 9.43. The van der Waals surface area contributed by atoms with Crippen molar-refractivity contribution in [2.45, 2.75) is 27.7 Å². The normalized spacial score (nSPS) is 17.6. The second-order valence-corrected chi connectivity index (χ2v) is 6.85. The van der Waals surface area contributed by atoms with Gasteiger partial charge >= 0.3 is 0 Å². The monoisotopic (exact) mass is 275 g/mol. The van der Waals surface area contributed by atoms with Crippen molar-refractivity contribution in [2.24, 2.45) is 11.1 Å². The largest absolute Gasteiger partial charge is 0.369 e. The summed E-state index contributed by atoms with van der Waals surface area (Å²) in [6.45, 7) is 15.3. The molecule has 2 N–H and O–H groups in total. The Hall–Kier alpha value is -1.06. The standard InChI is InChI=1S/C17H29N3/c1-14-6-5-7-16(15(14)2)20-10-8-19(9-11-20)13-17(3,4)12-18/h5-7H,8-13,18H2,1-4H3. The highest BCUT2D eigenvalue weighted by atomic mass is 15.3. The highest BCUT2D eigenvalue weighted by Gasteiger charge is 2.24. The summed E-state index contributed by atoms with van der Waals surface area (Å²) in [6.07, 6.45) is 0. The molecule has 3 nitrogen and oxygen atoms in total. The molecular formula is C17H29N3. The molecular weight excluding hydrogens is 246 g/mol. The number of hydrogen-bond acceptors (Lipinski definition) is 3. The van der Waals surface area contributed by atoms with Gasteiger partial charge in [0.2, 0.25) is 0 Å². The van der Waals surface area contributed by atoms with Crippen molar-refractivity contribution >= 4 is 5.69 Å². The molecule has 0 bridgehead atoms. The van der Waals surface area contributed by atoms with Gasteiger partial charge in [0.25, 0.3) is 0 Å². The zero-order chi connectivity index (χ0) is 14.8. The zero-order valence-corrected chi connectivity index (χ0v) is 13.4. The maximum Gasteiger partial charge on any atom is 0.0399 e. The van der Waals surface area contributed by atoms with Crippen LogP contribution in [0.25, 0.3) is 0 Å². The minimum Gasteiger partial charge on any atom is -0.369 e. The van der Waals surface area contributed by atoms with Crippen molar-refractivity contribution in [1.29, 1.82) is 0 Å². The maximum absolute atomic E-state index is 5.84. The number of nitrogens with zero attached hydrogens (tertiary/aromatic N) is 2. The summed E-state index contributed by atoms with van der Waals surface area (Å²) in [6, 6.07) is 6.61. The lowest BCUT2D eigenvalue weighted by atomic mass is 9.93. The lowest BCUT2D eigenvalue weighted by Crippen LogP contribution is -2.50. The Labute approximate surface area is 123 Å². The number of nitrogens with two attached hydrogens (primary N) is 1. The Morgan fingerprint density at radius 1 is 1.10 bits per heavy atom. The molecule has 1 saturated heterocycles. The van der Waals surface area contributed by atoms with Crippen molar-refractivity contribution in [3.8, 4) is 0 Å². The van der Waals surface area contributed by atoms with Gasteiger partial charge in [0.15, 0.2) is 0 Å². The van der Waals surface area contributed by atoms with E-state index < -0.39 is 0 Å². The van der Waals surface area contributed by atoms with Crippen molar-refractivity contribution in [2.75, 3.05) is 44.2 Å². The van der Waals surface area contributed by atoms with E-state index in [0.29, 0.717) is 0 Å². The lowest BCUT2D eigenvalue weighted by Gasteiger charge is -2.40. The van der Waals surface area contributed by atoms with Gasteiger partial charge in [0.05, 0.1) is 0 Å². The molecule has 1 heterocycles. The molecule has 1 aromatic carbocycles. The molecule has 0 saturated carbocycles. The average Bonchev–Trinajstić information content (AvgIpc) is 2.43. The van der Waals surface area contributed by atoms with Gasteiger partial charge in [0.1, 0.15) is 0 Å². The summed E-state index contributed by atoms with van der Waals surface area (Å²) in [5, 5.41) is 0. The van der Waals surface area contributed by atoms with E-state index >= 15 is 0 Å². The summed E-state index contributed by atoms with van der Waals surface area (Å²) >= 11 is 0. The molecule has 0 spiro atoms. The van der Waals surface area contributed by atoms with E-state index in [9.17, 15) is 0 Å². The van der Waals surface area contributed by atoms with E-state index in [2.05, 4.69) is 55.7 Å². The molecule has 1 aliphatic rings. The molecule has 0 unspecified atom stereocenters. The third-order valence-corrected chi connectivity index (χ3v) is 4.49. The molecule has 0 atom stereocenters. The smallest absolute Gasteiger partial charge is 0.0399 e.